The number of hydrazone groups is 1. The van der Waals surface area contributed by atoms with Crippen LogP contribution in [0.3, 0.4) is 0 Å². The lowest BCUT2D eigenvalue weighted by Gasteiger charge is -2.11. The van der Waals surface area contributed by atoms with Gasteiger partial charge >= 0.3 is 0 Å². The second-order valence-electron chi connectivity index (χ2n) is 7.13. The first-order valence-corrected chi connectivity index (χ1v) is 12.0. The molecule has 0 bridgehead atoms. The monoisotopic (exact) mass is 477 g/mol. The predicted molar refractivity (Wildman–Crippen MR) is 134 cm³/mol. The second kappa shape index (κ2) is 11.0. The number of para-hydroxylation sites is 1. The topological polar surface area (TPSA) is 72.8 Å². The van der Waals surface area contributed by atoms with E-state index in [1.54, 1.807) is 24.7 Å². The zero-order valence-corrected chi connectivity index (χ0v) is 19.9. The van der Waals surface area contributed by atoms with Gasteiger partial charge in [0, 0.05) is 0 Å². The number of amides is 1. The number of rotatable bonds is 9. The molecule has 0 aliphatic heterocycles. The van der Waals surface area contributed by atoms with E-state index in [2.05, 4.69) is 15.5 Å². The van der Waals surface area contributed by atoms with Gasteiger partial charge in [-0.2, -0.15) is 5.10 Å². The summed E-state index contributed by atoms with van der Waals surface area (Å²) >= 11 is 3.00. The summed E-state index contributed by atoms with van der Waals surface area (Å²) in [4.78, 5) is 17.0. The molecule has 4 aromatic rings. The molecule has 4 rings (SSSR count). The van der Waals surface area contributed by atoms with Crippen molar-refractivity contribution >= 4 is 45.4 Å². The number of nitrogens with one attached hydrogen (secondary N) is 1. The normalized spacial score (nSPS) is 12.1. The summed E-state index contributed by atoms with van der Waals surface area (Å²) in [7, 11) is 1.59. The minimum atomic E-state index is -0.328. The number of aromatic nitrogens is 1. The highest BCUT2D eigenvalue weighted by Gasteiger charge is 2.16. The van der Waals surface area contributed by atoms with Gasteiger partial charge in [0.05, 0.1) is 28.8 Å². The molecule has 0 spiro atoms. The van der Waals surface area contributed by atoms with Crippen LogP contribution >= 0.6 is 23.1 Å². The summed E-state index contributed by atoms with van der Waals surface area (Å²) in [6.07, 6.45) is 1.58. The third kappa shape index (κ3) is 6.12. The summed E-state index contributed by atoms with van der Waals surface area (Å²) in [5, 5.41) is 3.77. The number of thiazole rings is 1. The van der Waals surface area contributed by atoms with Crippen LogP contribution in [0.15, 0.2) is 82.2 Å². The van der Waals surface area contributed by atoms with Crippen LogP contribution in [0.2, 0.25) is 0 Å². The first-order valence-electron chi connectivity index (χ1n) is 10.3. The molecule has 6 nitrogen and oxygen atoms in total. The largest absolute Gasteiger partial charge is 0.493 e. The zero-order chi connectivity index (χ0) is 23.0. The van der Waals surface area contributed by atoms with Crippen molar-refractivity contribution in [2.45, 2.75) is 23.1 Å². The Morgan fingerprint density at radius 3 is 2.70 bits per heavy atom. The summed E-state index contributed by atoms with van der Waals surface area (Å²) < 4.78 is 13.3. The molecule has 8 heteroatoms. The number of nitrogens with zero attached hydrogens (tertiary/aromatic N) is 2. The molecule has 168 valence electrons. The maximum Gasteiger partial charge on any atom is 0.253 e. The predicted octanol–water partition coefficient (Wildman–Crippen LogP) is 5.51. The van der Waals surface area contributed by atoms with Gasteiger partial charge in [-0.05, 0) is 48.4 Å². The first-order chi connectivity index (χ1) is 16.1. The number of hydrogen-bond donors (Lipinski definition) is 1. The fraction of sp³-hybridized carbons (Fsp3) is 0.160. The van der Waals surface area contributed by atoms with Crippen LogP contribution in [-0.4, -0.2) is 29.5 Å². The lowest BCUT2D eigenvalue weighted by Crippen LogP contribution is -2.26. The van der Waals surface area contributed by atoms with Crippen molar-refractivity contribution in [3.05, 3.63) is 83.9 Å². The molecule has 0 saturated heterocycles. The Kier molecular flexibility index (Phi) is 7.59. The zero-order valence-electron chi connectivity index (χ0n) is 18.2. The van der Waals surface area contributed by atoms with Crippen molar-refractivity contribution in [2.24, 2.45) is 5.10 Å². The van der Waals surface area contributed by atoms with Crippen LogP contribution < -0.4 is 14.9 Å². The van der Waals surface area contributed by atoms with E-state index in [9.17, 15) is 4.79 Å². The van der Waals surface area contributed by atoms with Crippen molar-refractivity contribution in [3.8, 4) is 11.5 Å². The molecule has 0 radical (unpaired) electrons. The Bertz CT molecular complexity index is 1230. The maximum atomic E-state index is 12.4. The highest BCUT2D eigenvalue weighted by Crippen LogP contribution is 2.32. The average molecular weight is 478 g/mol. The van der Waals surface area contributed by atoms with Crippen LogP contribution in [0, 0.1) is 0 Å². The summed E-state index contributed by atoms with van der Waals surface area (Å²) in [6.45, 7) is 2.29. The van der Waals surface area contributed by atoms with E-state index < -0.39 is 0 Å². The Hall–Kier alpha value is -3.36. The maximum absolute atomic E-state index is 12.4. The Morgan fingerprint density at radius 1 is 1.12 bits per heavy atom. The van der Waals surface area contributed by atoms with Gasteiger partial charge < -0.3 is 9.47 Å². The minimum Gasteiger partial charge on any atom is -0.493 e. The van der Waals surface area contributed by atoms with Crippen LogP contribution in [0.1, 0.15) is 18.1 Å². The molecule has 0 fully saturated rings. The van der Waals surface area contributed by atoms with Crippen molar-refractivity contribution in [3.63, 3.8) is 0 Å². The molecule has 0 saturated carbocycles. The Morgan fingerprint density at radius 2 is 1.91 bits per heavy atom. The number of fused-ring (bicyclic) bond motifs is 1. The molecule has 0 aliphatic carbocycles. The lowest BCUT2D eigenvalue weighted by atomic mass is 10.2. The van der Waals surface area contributed by atoms with Gasteiger partial charge in [0.1, 0.15) is 6.61 Å². The summed E-state index contributed by atoms with van der Waals surface area (Å²) in [6, 6.07) is 23.4. The van der Waals surface area contributed by atoms with E-state index in [-0.39, 0.29) is 11.2 Å². The van der Waals surface area contributed by atoms with Crippen molar-refractivity contribution in [2.75, 3.05) is 7.11 Å². The van der Waals surface area contributed by atoms with Crippen LogP contribution in [0.25, 0.3) is 10.2 Å². The van der Waals surface area contributed by atoms with Gasteiger partial charge in [-0.1, -0.05) is 54.2 Å². The first kappa shape index (κ1) is 22.8. The number of thioether (sulfide) groups is 1. The Labute approximate surface area is 200 Å². The van der Waals surface area contributed by atoms with E-state index in [0.717, 1.165) is 25.7 Å². The van der Waals surface area contributed by atoms with Crippen LogP contribution in [-0.2, 0) is 11.4 Å². The van der Waals surface area contributed by atoms with Crippen LogP contribution in [0.5, 0.6) is 11.5 Å². The molecular weight excluding hydrogens is 454 g/mol. The molecule has 1 unspecified atom stereocenters. The third-order valence-corrected chi connectivity index (χ3v) is 6.96. The third-order valence-electron chi connectivity index (χ3n) is 4.73. The number of benzene rings is 3. The number of methoxy groups -OCH3 is 1. The fourth-order valence-corrected chi connectivity index (χ4v) is 5.19. The van der Waals surface area contributed by atoms with E-state index in [4.69, 9.17) is 9.47 Å². The highest BCUT2D eigenvalue weighted by atomic mass is 32.2. The van der Waals surface area contributed by atoms with Gasteiger partial charge in [0.2, 0.25) is 0 Å². The van der Waals surface area contributed by atoms with Crippen molar-refractivity contribution < 1.29 is 14.3 Å². The molecule has 0 aliphatic rings. The Balaban J connectivity index is 1.32. The summed E-state index contributed by atoms with van der Waals surface area (Å²) in [5.74, 6) is 1.05. The quantitative estimate of drug-likeness (QED) is 0.195. The fourth-order valence-electron chi connectivity index (χ4n) is 2.99. The second-order valence-corrected chi connectivity index (χ2v) is 9.74. The van der Waals surface area contributed by atoms with E-state index in [1.165, 1.54) is 11.8 Å². The minimum absolute atomic E-state index is 0.190. The molecule has 33 heavy (non-hydrogen) atoms. The lowest BCUT2D eigenvalue weighted by molar-refractivity contribution is -0.120. The van der Waals surface area contributed by atoms with Gasteiger partial charge in [0.15, 0.2) is 15.8 Å². The van der Waals surface area contributed by atoms with Crippen LogP contribution in [0.4, 0.5) is 0 Å². The number of hydrogen-bond acceptors (Lipinski definition) is 7. The van der Waals surface area contributed by atoms with Gasteiger partial charge in [-0.3, -0.25) is 4.79 Å². The molecular formula is C25H23N3O3S2. The molecule has 1 aromatic heterocycles. The highest BCUT2D eigenvalue weighted by molar-refractivity contribution is 8.02. The standard InChI is InChI=1S/C25H23N3O3S2/c1-17(32-25-27-20-10-6-7-11-23(20)33-25)24(29)28-26-15-19-12-13-21(22(14-19)30-2)31-16-18-8-4-3-5-9-18/h3-15,17H,16H2,1-2H3,(H,28,29)/b26-15-. The molecule has 1 atom stereocenters. The van der Waals surface area contributed by atoms with Gasteiger partial charge in [0.25, 0.3) is 5.91 Å². The van der Waals surface area contributed by atoms with Gasteiger partial charge in [-0.25, -0.2) is 10.4 Å². The van der Waals surface area contributed by atoms with E-state index >= 15 is 0 Å². The van der Waals surface area contributed by atoms with Crippen molar-refractivity contribution in [1.82, 2.24) is 10.4 Å². The SMILES string of the molecule is COc1cc(/C=N\NC(=O)C(C)Sc2nc3ccccc3s2)ccc1OCc1ccccc1. The van der Waals surface area contributed by atoms with E-state index in [1.807, 2.05) is 79.7 Å². The molecule has 1 amide bonds. The van der Waals surface area contributed by atoms with E-state index in [0.29, 0.717) is 18.1 Å². The van der Waals surface area contributed by atoms with Gasteiger partial charge in [-0.15, -0.1) is 11.3 Å². The van der Waals surface area contributed by atoms with Crippen molar-refractivity contribution in [1.29, 1.82) is 0 Å². The average Bonchev–Trinajstić information content (AvgIpc) is 3.26. The molecule has 1 N–H and O–H groups in total. The molecule has 1 heterocycles. The number of carbonyl (C=O) groups excluding carboxylic acids is 1. The number of ether oxygens (including phenoxy) is 2. The molecule has 3 aromatic carbocycles. The smallest absolute Gasteiger partial charge is 0.253 e. The number of carbonyl (C=O) groups is 1. The summed E-state index contributed by atoms with van der Waals surface area (Å²) in [5.41, 5.74) is 5.40.